The van der Waals surface area contributed by atoms with Crippen LogP contribution < -0.4 is 0 Å². The summed E-state index contributed by atoms with van der Waals surface area (Å²) >= 11 is 0. The number of hydrogen-bond donors (Lipinski definition) is 0. The maximum atomic E-state index is 13.4. The van der Waals surface area contributed by atoms with Crippen LogP contribution in [0.5, 0.6) is 0 Å². The lowest BCUT2D eigenvalue weighted by molar-refractivity contribution is -0.142. The van der Waals surface area contributed by atoms with Crippen LogP contribution in [-0.4, -0.2) is 56.2 Å². The molecule has 2 fully saturated rings. The molecular weight excluding hydrogens is 375 g/mol. The number of carbonyl (C=O) groups is 1. The quantitative estimate of drug-likeness (QED) is 0.796. The van der Waals surface area contributed by atoms with E-state index in [4.69, 9.17) is 4.74 Å². The van der Waals surface area contributed by atoms with Crippen LogP contribution in [0.4, 0.5) is 13.2 Å². The van der Waals surface area contributed by atoms with Gasteiger partial charge in [-0.2, -0.15) is 27.8 Å². The van der Waals surface area contributed by atoms with Crippen molar-refractivity contribution in [1.82, 2.24) is 24.5 Å². The average molecular weight is 397 g/mol. The van der Waals surface area contributed by atoms with Crippen LogP contribution in [0.15, 0.2) is 12.4 Å². The number of carbonyl (C=O) groups excluding carboxylic acids is 1. The van der Waals surface area contributed by atoms with Crippen LogP contribution in [0.2, 0.25) is 0 Å². The van der Waals surface area contributed by atoms with Crippen molar-refractivity contribution in [2.75, 3.05) is 19.7 Å². The molecule has 1 amide bonds. The minimum Gasteiger partial charge on any atom is -0.378 e. The summed E-state index contributed by atoms with van der Waals surface area (Å²) in [6.07, 6.45) is 1.08. The molecule has 0 spiro atoms. The van der Waals surface area contributed by atoms with Crippen LogP contribution in [0, 0.1) is 0 Å². The number of hydrogen-bond acceptors (Lipinski definition) is 5. The first-order valence-corrected chi connectivity index (χ1v) is 9.59. The molecule has 2 aliphatic rings. The van der Waals surface area contributed by atoms with E-state index in [0.29, 0.717) is 49.2 Å². The Morgan fingerprint density at radius 3 is 2.68 bits per heavy atom. The van der Waals surface area contributed by atoms with Gasteiger partial charge in [0.1, 0.15) is 6.33 Å². The lowest BCUT2D eigenvalue weighted by atomic mass is 9.92. The Hall–Kier alpha value is -2.23. The minimum atomic E-state index is -4.54. The SMILES string of the molecule is O=C(CC1CCCCO1)N1CCC(c2cc(C(F)(F)F)n3ncnc3n2)CC1. The number of halogens is 3. The van der Waals surface area contributed by atoms with Crippen molar-refractivity contribution in [3.8, 4) is 0 Å². The number of fused-ring (bicyclic) bond motifs is 1. The zero-order chi connectivity index (χ0) is 19.7. The van der Waals surface area contributed by atoms with E-state index in [1.54, 1.807) is 4.90 Å². The molecular formula is C18H22F3N5O2. The molecule has 0 radical (unpaired) electrons. The molecule has 28 heavy (non-hydrogen) atoms. The summed E-state index contributed by atoms with van der Waals surface area (Å²) in [7, 11) is 0. The van der Waals surface area contributed by atoms with E-state index in [1.807, 2.05) is 0 Å². The highest BCUT2D eigenvalue weighted by Gasteiger charge is 2.36. The van der Waals surface area contributed by atoms with E-state index < -0.39 is 11.9 Å². The molecule has 2 aromatic rings. The van der Waals surface area contributed by atoms with Crippen LogP contribution >= 0.6 is 0 Å². The third kappa shape index (κ3) is 3.96. The standard InChI is InChI=1S/C18H22F3N5O2/c19-18(20,21)15-10-14(24-17-22-11-23-26(15)17)12-4-6-25(7-5-12)16(27)9-13-3-1-2-8-28-13/h10-13H,1-9H2. The van der Waals surface area contributed by atoms with Crippen LogP contribution in [-0.2, 0) is 15.7 Å². The predicted molar refractivity (Wildman–Crippen MR) is 92.5 cm³/mol. The minimum absolute atomic E-state index is 0.00895. The molecule has 0 N–H and O–H groups in total. The van der Waals surface area contributed by atoms with Crippen molar-refractivity contribution in [3.63, 3.8) is 0 Å². The van der Waals surface area contributed by atoms with Gasteiger partial charge in [-0.25, -0.2) is 4.98 Å². The summed E-state index contributed by atoms with van der Waals surface area (Å²) in [5.41, 5.74) is -0.520. The monoisotopic (exact) mass is 397 g/mol. The van der Waals surface area contributed by atoms with Gasteiger partial charge in [0.2, 0.25) is 5.91 Å². The summed E-state index contributed by atoms with van der Waals surface area (Å²) in [5.74, 6) is -0.141. The number of likely N-dealkylation sites (tertiary alicyclic amines) is 1. The fraction of sp³-hybridized carbons (Fsp3) is 0.667. The van der Waals surface area contributed by atoms with Gasteiger partial charge < -0.3 is 9.64 Å². The van der Waals surface area contributed by atoms with Gasteiger partial charge in [-0.15, -0.1) is 0 Å². The Morgan fingerprint density at radius 2 is 2.00 bits per heavy atom. The molecule has 0 aliphatic carbocycles. The maximum Gasteiger partial charge on any atom is 0.433 e. The van der Waals surface area contributed by atoms with Crippen LogP contribution in [0.3, 0.4) is 0 Å². The zero-order valence-electron chi connectivity index (χ0n) is 15.4. The van der Waals surface area contributed by atoms with Gasteiger partial charge in [0, 0.05) is 31.3 Å². The van der Waals surface area contributed by atoms with Crippen LogP contribution in [0.25, 0.3) is 5.78 Å². The maximum absolute atomic E-state index is 13.4. The number of amides is 1. The van der Waals surface area contributed by atoms with Gasteiger partial charge in [0.25, 0.3) is 5.78 Å². The van der Waals surface area contributed by atoms with Gasteiger partial charge in [0.15, 0.2) is 5.69 Å². The van der Waals surface area contributed by atoms with Crippen molar-refractivity contribution in [2.45, 2.75) is 56.7 Å². The van der Waals surface area contributed by atoms with Gasteiger partial charge in [0.05, 0.1) is 12.5 Å². The fourth-order valence-electron chi connectivity index (χ4n) is 3.96. The average Bonchev–Trinajstić information content (AvgIpc) is 3.16. The van der Waals surface area contributed by atoms with Crippen molar-refractivity contribution in [2.24, 2.45) is 0 Å². The highest BCUT2D eigenvalue weighted by atomic mass is 19.4. The second-order valence-corrected chi connectivity index (χ2v) is 7.38. The molecule has 7 nitrogen and oxygen atoms in total. The summed E-state index contributed by atoms with van der Waals surface area (Å²) in [4.78, 5) is 22.4. The van der Waals surface area contributed by atoms with Gasteiger partial charge >= 0.3 is 6.18 Å². The molecule has 1 atom stereocenters. The predicted octanol–water partition coefficient (Wildman–Crippen LogP) is 2.81. The zero-order valence-corrected chi connectivity index (χ0v) is 15.4. The summed E-state index contributed by atoms with van der Waals surface area (Å²) in [6.45, 7) is 1.73. The van der Waals surface area contributed by atoms with Crippen molar-refractivity contribution in [1.29, 1.82) is 0 Å². The van der Waals surface area contributed by atoms with E-state index >= 15 is 0 Å². The smallest absolute Gasteiger partial charge is 0.378 e. The number of alkyl halides is 3. The topological polar surface area (TPSA) is 72.6 Å². The molecule has 4 heterocycles. The Bertz CT molecular complexity index is 839. The third-order valence-corrected chi connectivity index (χ3v) is 5.50. The largest absolute Gasteiger partial charge is 0.433 e. The van der Waals surface area contributed by atoms with Gasteiger partial charge in [-0.05, 0) is 38.2 Å². The van der Waals surface area contributed by atoms with Gasteiger partial charge in [-0.1, -0.05) is 0 Å². The molecule has 0 bridgehead atoms. The Balaban J connectivity index is 1.43. The van der Waals surface area contributed by atoms with Crippen molar-refractivity contribution >= 4 is 11.7 Å². The van der Waals surface area contributed by atoms with Crippen LogP contribution in [0.1, 0.15) is 55.8 Å². The summed E-state index contributed by atoms with van der Waals surface area (Å²) in [6, 6.07) is 1.06. The second-order valence-electron chi connectivity index (χ2n) is 7.38. The number of ether oxygens (including phenoxy) is 1. The lowest BCUT2D eigenvalue weighted by Crippen LogP contribution is -2.40. The van der Waals surface area contributed by atoms with E-state index in [1.165, 1.54) is 0 Å². The fourth-order valence-corrected chi connectivity index (χ4v) is 3.96. The second kappa shape index (κ2) is 7.65. The molecule has 0 aromatic carbocycles. The third-order valence-electron chi connectivity index (χ3n) is 5.50. The normalized spacial score (nSPS) is 22.0. The van der Waals surface area contributed by atoms with E-state index in [2.05, 4.69) is 15.1 Å². The first-order chi connectivity index (χ1) is 13.4. The Kier molecular flexibility index (Phi) is 5.22. The molecule has 10 heteroatoms. The molecule has 2 aromatic heterocycles. The first-order valence-electron chi connectivity index (χ1n) is 9.59. The highest BCUT2D eigenvalue weighted by Crippen LogP contribution is 2.33. The van der Waals surface area contributed by atoms with Gasteiger partial charge in [-0.3, -0.25) is 4.79 Å². The summed E-state index contributed by atoms with van der Waals surface area (Å²) < 4.78 is 46.4. The molecule has 2 aliphatic heterocycles. The number of rotatable bonds is 3. The first kappa shape index (κ1) is 19.1. The summed E-state index contributed by atoms with van der Waals surface area (Å²) in [5, 5.41) is 3.62. The van der Waals surface area contributed by atoms with Crippen molar-refractivity contribution < 1.29 is 22.7 Å². The molecule has 152 valence electrons. The highest BCUT2D eigenvalue weighted by molar-refractivity contribution is 5.76. The Morgan fingerprint density at radius 1 is 1.21 bits per heavy atom. The molecule has 1 unspecified atom stereocenters. The number of aromatic nitrogens is 4. The molecule has 0 saturated carbocycles. The number of piperidine rings is 1. The van der Waals surface area contributed by atoms with E-state index in [9.17, 15) is 18.0 Å². The van der Waals surface area contributed by atoms with Crippen molar-refractivity contribution in [3.05, 3.63) is 23.8 Å². The van der Waals surface area contributed by atoms with E-state index in [-0.39, 0.29) is 23.7 Å². The number of nitrogens with zero attached hydrogens (tertiary/aromatic N) is 5. The molecule has 2 saturated heterocycles. The Labute approximate surface area is 159 Å². The lowest BCUT2D eigenvalue weighted by Gasteiger charge is -2.33. The van der Waals surface area contributed by atoms with E-state index in [0.717, 1.165) is 31.7 Å². The molecule has 4 rings (SSSR count).